The summed E-state index contributed by atoms with van der Waals surface area (Å²) < 4.78 is 23.7. The predicted molar refractivity (Wildman–Crippen MR) is 66.7 cm³/mol. The Balaban J connectivity index is 1.96. The fourth-order valence-electron chi connectivity index (χ4n) is 1.76. The fourth-order valence-corrected chi connectivity index (χ4v) is 1.76. The Bertz CT molecular complexity index is 443. The number of benzene rings is 1. The second-order valence-corrected chi connectivity index (χ2v) is 4.76. The molecule has 0 unspecified atom stereocenters. The highest BCUT2D eigenvalue weighted by Gasteiger charge is 2.25. The Morgan fingerprint density at radius 2 is 2.11 bits per heavy atom. The largest absolute Gasteiger partial charge is 0.463 e. The van der Waals surface area contributed by atoms with Gasteiger partial charge in [0, 0.05) is 0 Å². The van der Waals surface area contributed by atoms with Gasteiger partial charge >= 0.3 is 0 Å². The molecule has 0 aliphatic carbocycles. The van der Waals surface area contributed by atoms with Crippen molar-refractivity contribution in [2.24, 2.45) is 10.7 Å². The summed E-state index contributed by atoms with van der Waals surface area (Å²) in [5, 5.41) is 0. The lowest BCUT2D eigenvalue weighted by Crippen LogP contribution is -2.27. The van der Waals surface area contributed by atoms with Crippen LogP contribution in [-0.2, 0) is 15.1 Å². The van der Waals surface area contributed by atoms with Gasteiger partial charge in [0.25, 0.3) is 6.02 Å². The van der Waals surface area contributed by atoms with Crippen LogP contribution in [0.5, 0.6) is 0 Å². The lowest BCUT2D eigenvalue weighted by molar-refractivity contribution is -0.0299. The molecule has 5 heteroatoms. The molecule has 0 fully saturated rings. The number of hydrogen-bond donors (Lipinski definition) is 1. The molecule has 1 heterocycles. The van der Waals surface area contributed by atoms with Crippen molar-refractivity contribution >= 4 is 6.02 Å². The van der Waals surface area contributed by atoms with Crippen LogP contribution in [0.1, 0.15) is 19.4 Å². The van der Waals surface area contributed by atoms with Crippen LogP contribution in [0.4, 0.5) is 4.39 Å². The van der Waals surface area contributed by atoms with Crippen LogP contribution in [0.15, 0.2) is 29.3 Å². The van der Waals surface area contributed by atoms with Crippen LogP contribution in [-0.4, -0.2) is 25.3 Å². The van der Waals surface area contributed by atoms with Gasteiger partial charge in [0.1, 0.15) is 18.5 Å². The maximum Gasteiger partial charge on any atom is 0.282 e. The number of rotatable bonds is 4. The summed E-state index contributed by atoms with van der Waals surface area (Å²) in [5.74, 6) is -0.254. The van der Waals surface area contributed by atoms with E-state index in [1.54, 1.807) is 12.1 Å². The molecule has 18 heavy (non-hydrogen) atoms. The molecular weight excluding hydrogens is 235 g/mol. The summed E-state index contributed by atoms with van der Waals surface area (Å²) >= 11 is 0. The molecule has 0 aromatic heterocycles. The zero-order chi connectivity index (χ0) is 13.2. The van der Waals surface area contributed by atoms with Crippen molar-refractivity contribution in [1.29, 1.82) is 0 Å². The Labute approximate surface area is 106 Å². The fraction of sp³-hybridized carbons (Fsp3) is 0.462. The van der Waals surface area contributed by atoms with Gasteiger partial charge in [-0.05, 0) is 31.5 Å². The third-order valence-electron chi connectivity index (χ3n) is 2.91. The van der Waals surface area contributed by atoms with E-state index in [0.29, 0.717) is 13.2 Å². The second kappa shape index (κ2) is 4.94. The lowest BCUT2D eigenvalue weighted by atomic mass is 9.98. The number of hydrogen-bond acceptors (Lipinski definition) is 4. The van der Waals surface area contributed by atoms with E-state index in [2.05, 4.69) is 4.99 Å². The lowest BCUT2D eigenvalue weighted by Gasteiger charge is -2.26. The first-order valence-corrected chi connectivity index (χ1v) is 5.83. The minimum Gasteiger partial charge on any atom is -0.463 e. The minimum atomic E-state index is -0.499. The molecule has 0 saturated carbocycles. The first kappa shape index (κ1) is 12.8. The predicted octanol–water partition coefficient (Wildman–Crippen LogP) is 1.79. The van der Waals surface area contributed by atoms with E-state index in [-0.39, 0.29) is 17.9 Å². The standard InChI is InChI=1S/C13H17FN2O2/c1-13(2,9-3-5-10(14)6-4-9)18-8-11-7-17-12(15)16-11/h3-6,11H,7-8H2,1-2H3,(H2,15,16)/t11-/m1/s1. The maximum atomic E-state index is 12.9. The van der Waals surface area contributed by atoms with Crippen LogP contribution in [0.3, 0.4) is 0 Å². The summed E-state index contributed by atoms with van der Waals surface area (Å²) in [6.07, 6.45) is 0. The molecule has 0 saturated heterocycles. The molecule has 0 spiro atoms. The quantitative estimate of drug-likeness (QED) is 0.888. The van der Waals surface area contributed by atoms with Gasteiger partial charge in [-0.15, -0.1) is 0 Å². The minimum absolute atomic E-state index is 0.0651. The van der Waals surface area contributed by atoms with Gasteiger partial charge in [0.05, 0.1) is 12.2 Å². The molecule has 0 amide bonds. The van der Waals surface area contributed by atoms with E-state index in [1.807, 2.05) is 13.8 Å². The van der Waals surface area contributed by atoms with Crippen LogP contribution in [0.25, 0.3) is 0 Å². The Morgan fingerprint density at radius 3 is 2.67 bits per heavy atom. The van der Waals surface area contributed by atoms with E-state index in [0.717, 1.165) is 5.56 Å². The van der Waals surface area contributed by atoms with E-state index in [1.165, 1.54) is 12.1 Å². The highest BCUT2D eigenvalue weighted by atomic mass is 19.1. The third kappa shape index (κ3) is 2.98. The number of halogens is 1. The zero-order valence-electron chi connectivity index (χ0n) is 10.5. The molecule has 4 nitrogen and oxygen atoms in total. The van der Waals surface area contributed by atoms with Gasteiger partial charge in [-0.3, -0.25) is 0 Å². The number of amidine groups is 1. The molecule has 1 aliphatic heterocycles. The molecule has 0 bridgehead atoms. The van der Waals surface area contributed by atoms with Gasteiger partial charge in [-0.1, -0.05) is 12.1 Å². The molecule has 2 N–H and O–H groups in total. The average molecular weight is 252 g/mol. The first-order valence-electron chi connectivity index (χ1n) is 5.83. The van der Waals surface area contributed by atoms with Gasteiger partial charge in [0.15, 0.2) is 0 Å². The number of aliphatic imine (C=N–C) groups is 1. The van der Waals surface area contributed by atoms with Crippen molar-refractivity contribution in [3.05, 3.63) is 35.6 Å². The summed E-state index contributed by atoms with van der Waals surface area (Å²) in [6, 6.07) is 6.44. The number of nitrogens with zero attached hydrogens (tertiary/aromatic N) is 1. The highest BCUT2D eigenvalue weighted by Crippen LogP contribution is 2.25. The van der Waals surface area contributed by atoms with Crippen molar-refractivity contribution in [2.45, 2.75) is 25.5 Å². The van der Waals surface area contributed by atoms with Crippen molar-refractivity contribution in [3.8, 4) is 0 Å². The number of nitrogens with two attached hydrogens (primary N) is 1. The Morgan fingerprint density at radius 1 is 1.44 bits per heavy atom. The smallest absolute Gasteiger partial charge is 0.282 e. The summed E-state index contributed by atoms with van der Waals surface area (Å²) in [7, 11) is 0. The molecule has 2 rings (SSSR count). The monoisotopic (exact) mass is 252 g/mol. The summed E-state index contributed by atoms with van der Waals surface area (Å²) in [4.78, 5) is 4.09. The zero-order valence-corrected chi connectivity index (χ0v) is 10.5. The second-order valence-electron chi connectivity index (χ2n) is 4.76. The molecule has 1 aliphatic rings. The topological polar surface area (TPSA) is 56.8 Å². The Hall–Kier alpha value is -1.62. The molecule has 0 radical (unpaired) electrons. The molecule has 1 atom stereocenters. The Kier molecular flexibility index (Phi) is 3.52. The molecule has 1 aromatic carbocycles. The van der Waals surface area contributed by atoms with Crippen molar-refractivity contribution in [2.75, 3.05) is 13.2 Å². The van der Waals surface area contributed by atoms with Crippen LogP contribution >= 0.6 is 0 Å². The van der Waals surface area contributed by atoms with Gasteiger partial charge in [-0.25, -0.2) is 9.38 Å². The van der Waals surface area contributed by atoms with Crippen LogP contribution in [0, 0.1) is 5.82 Å². The van der Waals surface area contributed by atoms with Gasteiger partial charge < -0.3 is 15.2 Å². The van der Waals surface area contributed by atoms with E-state index in [4.69, 9.17) is 15.2 Å². The average Bonchev–Trinajstić information content (AvgIpc) is 2.73. The molecule has 1 aromatic rings. The van der Waals surface area contributed by atoms with Crippen LogP contribution < -0.4 is 5.73 Å². The van der Waals surface area contributed by atoms with Gasteiger partial charge in [-0.2, -0.15) is 0 Å². The van der Waals surface area contributed by atoms with Crippen molar-refractivity contribution < 1.29 is 13.9 Å². The van der Waals surface area contributed by atoms with Crippen molar-refractivity contribution in [1.82, 2.24) is 0 Å². The van der Waals surface area contributed by atoms with E-state index in [9.17, 15) is 4.39 Å². The van der Waals surface area contributed by atoms with E-state index < -0.39 is 5.60 Å². The van der Waals surface area contributed by atoms with Crippen molar-refractivity contribution in [3.63, 3.8) is 0 Å². The van der Waals surface area contributed by atoms with Crippen LogP contribution in [0.2, 0.25) is 0 Å². The SMILES string of the molecule is CC(C)(OC[C@H]1COC(N)=N1)c1ccc(F)cc1. The normalized spacial score (nSPS) is 19.5. The number of ether oxygens (including phenoxy) is 2. The first-order chi connectivity index (χ1) is 8.47. The molecular formula is C13H17FN2O2. The van der Waals surface area contributed by atoms with E-state index >= 15 is 0 Å². The maximum absolute atomic E-state index is 12.9. The highest BCUT2D eigenvalue weighted by molar-refractivity contribution is 5.73. The summed E-state index contributed by atoms with van der Waals surface area (Å²) in [6.45, 7) is 4.74. The van der Waals surface area contributed by atoms with Gasteiger partial charge in [0.2, 0.25) is 0 Å². The molecule has 98 valence electrons. The summed E-state index contributed by atoms with van der Waals surface area (Å²) in [5.41, 5.74) is 5.84. The third-order valence-corrected chi connectivity index (χ3v) is 2.91.